The van der Waals surface area contributed by atoms with Crippen molar-refractivity contribution in [1.82, 2.24) is 0 Å². The number of fused-ring (bicyclic) bond motifs is 1. The second-order valence-electron chi connectivity index (χ2n) is 5.08. The number of nitrogens with zero attached hydrogens (tertiary/aromatic N) is 2. The minimum atomic E-state index is -0.504. The maximum Gasteiger partial charge on any atom is 0.293 e. The molecule has 7 nitrogen and oxygen atoms in total. The van der Waals surface area contributed by atoms with Crippen LogP contribution in [0, 0.1) is 21.4 Å². The Kier molecular flexibility index (Phi) is 3.73. The van der Waals surface area contributed by atoms with Crippen molar-refractivity contribution < 1.29 is 14.4 Å². The lowest BCUT2D eigenvalue weighted by molar-refractivity contribution is -0.384. The van der Waals surface area contributed by atoms with E-state index in [1.54, 1.807) is 12.1 Å². The summed E-state index contributed by atoms with van der Waals surface area (Å²) in [6, 6.07) is 11.6. The molecule has 1 aliphatic heterocycles. The summed E-state index contributed by atoms with van der Waals surface area (Å²) in [5.74, 6) is 1.34. The predicted octanol–water partition coefficient (Wildman–Crippen LogP) is 3.37. The fourth-order valence-corrected chi connectivity index (χ4v) is 2.37. The number of nitrogens with one attached hydrogen (secondary N) is 1. The van der Waals surface area contributed by atoms with Crippen molar-refractivity contribution in [3.05, 3.63) is 57.6 Å². The highest BCUT2D eigenvalue weighted by Crippen LogP contribution is 2.35. The van der Waals surface area contributed by atoms with Gasteiger partial charge < -0.3 is 14.8 Å². The normalized spacial score (nSPS) is 13.2. The van der Waals surface area contributed by atoms with Crippen molar-refractivity contribution in [3.8, 4) is 17.6 Å². The molecule has 0 bridgehead atoms. The Hall–Kier alpha value is -3.27. The predicted molar refractivity (Wildman–Crippen MR) is 82.4 cm³/mol. The lowest BCUT2D eigenvalue weighted by Gasteiger charge is -2.16. The van der Waals surface area contributed by atoms with E-state index >= 15 is 0 Å². The van der Waals surface area contributed by atoms with E-state index in [2.05, 4.69) is 5.32 Å². The van der Waals surface area contributed by atoms with E-state index in [1.807, 2.05) is 31.2 Å². The second-order valence-corrected chi connectivity index (χ2v) is 5.08. The second kappa shape index (κ2) is 5.85. The zero-order chi connectivity index (χ0) is 16.4. The van der Waals surface area contributed by atoms with E-state index in [1.165, 1.54) is 6.07 Å². The average Bonchev–Trinajstić information content (AvgIpc) is 3.02. The van der Waals surface area contributed by atoms with E-state index in [-0.39, 0.29) is 24.1 Å². The van der Waals surface area contributed by atoms with Gasteiger partial charge in [-0.2, -0.15) is 5.26 Å². The third kappa shape index (κ3) is 2.87. The molecule has 1 aliphatic rings. The Labute approximate surface area is 132 Å². The van der Waals surface area contributed by atoms with Gasteiger partial charge in [-0.25, -0.2) is 0 Å². The lowest BCUT2D eigenvalue weighted by Crippen LogP contribution is -2.08. The van der Waals surface area contributed by atoms with E-state index in [9.17, 15) is 10.1 Å². The Morgan fingerprint density at radius 3 is 2.78 bits per heavy atom. The van der Waals surface area contributed by atoms with Gasteiger partial charge in [-0.1, -0.05) is 6.07 Å². The zero-order valence-electron chi connectivity index (χ0n) is 12.3. The van der Waals surface area contributed by atoms with Crippen LogP contribution in [-0.4, -0.2) is 11.7 Å². The summed E-state index contributed by atoms with van der Waals surface area (Å²) in [5, 5.41) is 23.1. The van der Waals surface area contributed by atoms with Crippen LogP contribution in [0.5, 0.6) is 11.5 Å². The molecule has 7 heteroatoms. The molecule has 1 atom stereocenters. The van der Waals surface area contributed by atoms with E-state index in [0.717, 1.165) is 5.56 Å². The van der Waals surface area contributed by atoms with Crippen molar-refractivity contribution in [1.29, 1.82) is 5.26 Å². The van der Waals surface area contributed by atoms with Gasteiger partial charge in [-0.3, -0.25) is 10.1 Å². The molecule has 0 radical (unpaired) electrons. The number of nitro benzene ring substituents is 1. The van der Waals surface area contributed by atoms with Crippen LogP contribution in [0.15, 0.2) is 36.4 Å². The molecule has 0 aliphatic carbocycles. The summed E-state index contributed by atoms with van der Waals surface area (Å²) in [7, 11) is 0. The molecule has 1 heterocycles. The monoisotopic (exact) mass is 311 g/mol. The Balaban J connectivity index is 1.87. The van der Waals surface area contributed by atoms with Crippen LogP contribution in [0.25, 0.3) is 0 Å². The molecule has 3 rings (SSSR count). The van der Waals surface area contributed by atoms with Gasteiger partial charge in [0.2, 0.25) is 6.79 Å². The number of nitro groups is 1. The zero-order valence-corrected chi connectivity index (χ0v) is 12.3. The summed E-state index contributed by atoms with van der Waals surface area (Å²) in [6.45, 7) is 2.08. The van der Waals surface area contributed by atoms with E-state index < -0.39 is 4.92 Å². The molecule has 1 N–H and O–H groups in total. The number of hydrogen-bond donors (Lipinski definition) is 1. The minimum absolute atomic E-state index is 0.128. The highest BCUT2D eigenvalue weighted by Gasteiger charge is 2.19. The van der Waals surface area contributed by atoms with Crippen LogP contribution in [0.2, 0.25) is 0 Å². The van der Waals surface area contributed by atoms with Crippen molar-refractivity contribution in [3.63, 3.8) is 0 Å². The largest absolute Gasteiger partial charge is 0.454 e. The molecule has 1 unspecified atom stereocenters. The molecule has 23 heavy (non-hydrogen) atoms. The van der Waals surface area contributed by atoms with Crippen molar-refractivity contribution in [2.24, 2.45) is 0 Å². The number of ether oxygens (including phenoxy) is 2. The summed E-state index contributed by atoms with van der Waals surface area (Å²) in [5.41, 5.74) is 1.39. The van der Waals surface area contributed by atoms with Gasteiger partial charge in [0.1, 0.15) is 5.69 Å². The summed E-state index contributed by atoms with van der Waals surface area (Å²) in [4.78, 5) is 10.7. The smallest absolute Gasteiger partial charge is 0.293 e. The standard InChI is InChI=1S/C16H13N3O4/c1-10(12-3-5-15-16(7-12)23-9-22-15)18-13-4-2-11(8-17)6-14(13)19(20)21/h2-7,10,18H,9H2,1H3. The Morgan fingerprint density at radius 1 is 1.26 bits per heavy atom. The van der Waals surface area contributed by atoms with Crippen LogP contribution >= 0.6 is 0 Å². The van der Waals surface area contributed by atoms with Gasteiger partial charge in [0.25, 0.3) is 5.69 Å². The number of hydrogen-bond acceptors (Lipinski definition) is 6. The third-order valence-corrected chi connectivity index (χ3v) is 3.59. The van der Waals surface area contributed by atoms with Gasteiger partial charge in [0.05, 0.1) is 16.6 Å². The van der Waals surface area contributed by atoms with Crippen molar-refractivity contribution in [2.75, 3.05) is 12.1 Å². The molecule has 0 aromatic heterocycles. The van der Waals surface area contributed by atoms with Crippen LogP contribution in [0.4, 0.5) is 11.4 Å². The van der Waals surface area contributed by atoms with Gasteiger partial charge in [-0.05, 0) is 36.8 Å². The first-order valence-corrected chi connectivity index (χ1v) is 6.93. The summed E-state index contributed by atoms with van der Waals surface area (Å²) < 4.78 is 10.6. The van der Waals surface area contributed by atoms with Crippen molar-refractivity contribution >= 4 is 11.4 Å². The van der Waals surface area contributed by atoms with Gasteiger partial charge in [0.15, 0.2) is 11.5 Å². The third-order valence-electron chi connectivity index (χ3n) is 3.59. The first-order chi connectivity index (χ1) is 11.1. The first-order valence-electron chi connectivity index (χ1n) is 6.93. The van der Waals surface area contributed by atoms with Gasteiger partial charge >= 0.3 is 0 Å². The average molecular weight is 311 g/mol. The molecule has 0 fully saturated rings. The van der Waals surface area contributed by atoms with E-state index in [4.69, 9.17) is 14.7 Å². The molecule has 0 amide bonds. The van der Waals surface area contributed by atoms with Gasteiger partial charge in [-0.15, -0.1) is 0 Å². The van der Waals surface area contributed by atoms with Gasteiger partial charge in [0, 0.05) is 12.1 Å². The maximum atomic E-state index is 11.2. The number of benzene rings is 2. The topological polar surface area (TPSA) is 97.4 Å². The fourth-order valence-electron chi connectivity index (χ4n) is 2.37. The highest BCUT2D eigenvalue weighted by atomic mass is 16.7. The van der Waals surface area contributed by atoms with Crippen LogP contribution in [0.3, 0.4) is 0 Å². The molecule has 0 saturated heterocycles. The van der Waals surface area contributed by atoms with Crippen molar-refractivity contribution in [2.45, 2.75) is 13.0 Å². The number of anilines is 1. The molecule has 116 valence electrons. The van der Waals surface area contributed by atoms with Crippen LogP contribution in [0.1, 0.15) is 24.1 Å². The van der Waals surface area contributed by atoms with Crippen LogP contribution in [-0.2, 0) is 0 Å². The number of rotatable bonds is 4. The summed E-state index contributed by atoms with van der Waals surface area (Å²) >= 11 is 0. The fraction of sp³-hybridized carbons (Fsp3) is 0.188. The minimum Gasteiger partial charge on any atom is -0.454 e. The lowest BCUT2D eigenvalue weighted by atomic mass is 10.1. The molecule has 0 spiro atoms. The molecular weight excluding hydrogens is 298 g/mol. The Bertz CT molecular complexity index is 813. The molecular formula is C16H13N3O4. The maximum absolute atomic E-state index is 11.2. The van der Waals surface area contributed by atoms with Crippen LogP contribution < -0.4 is 14.8 Å². The molecule has 0 saturated carbocycles. The SMILES string of the molecule is CC(Nc1ccc(C#N)cc1[N+](=O)[O-])c1ccc2c(c1)OCO2. The first kappa shape index (κ1) is 14.7. The number of nitriles is 1. The quantitative estimate of drug-likeness (QED) is 0.686. The Morgan fingerprint density at radius 2 is 2.04 bits per heavy atom. The van der Waals surface area contributed by atoms with E-state index in [0.29, 0.717) is 17.2 Å². The molecule has 2 aromatic rings. The molecule has 2 aromatic carbocycles. The highest BCUT2D eigenvalue weighted by molar-refractivity contribution is 5.65. The summed E-state index contributed by atoms with van der Waals surface area (Å²) in [6.07, 6.45) is 0.